The number of nitrogens with one attached hydrogen (secondary N) is 1. The molecule has 0 fully saturated rings. The average Bonchev–Trinajstić information content (AvgIpc) is 3.30. The summed E-state index contributed by atoms with van der Waals surface area (Å²) < 4.78 is 40.4. The number of anilines is 3. The number of aromatic nitrogens is 2. The van der Waals surface area contributed by atoms with Gasteiger partial charge in [-0.05, 0) is 0 Å². The number of hydrogen-bond acceptors (Lipinski definition) is 8. The van der Waals surface area contributed by atoms with Crippen molar-refractivity contribution in [2.75, 3.05) is 29.8 Å². The van der Waals surface area contributed by atoms with Crippen LogP contribution in [-0.4, -0.2) is 36.4 Å². The predicted octanol–water partition coefficient (Wildman–Crippen LogP) is 3.56. The molecule has 2 amide bonds. The number of carbonyl (C=O) groups is 1. The highest BCUT2D eigenvalue weighted by Gasteiger charge is 2.38. The smallest absolute Gasteiger partial charge is 0.329 e. The van der Waals surface area contributed by atoms with Crippen LogP contribution in [0.1, 0.15) is 16.8 Å². The maximum Gasteiger partial charge on any atom is 0.329 e. The number of methoxy groups -OCH3 is 2. The van der Waals surface area contributed by atoms with E-state index in [1.54, 1.807) is 10.9 Å². The fourth-order valence-corrected chi connectivity index (χ4v) is 4.09. The van der Waals surface area contributed by atoms with Gasteiger partial charge in [-0.2, -0.15) is 0 Å². The minimum atomic E-state index is -1.05. The Morgan fingerprint density at radius 1 is 1.22 bits per heavy atom. The fraction of sp³-hybridized carbons (Fsp3) is 0.200. The summed E-state index contributed by atoms with van der Waals surface area (Å²) in [5.41, 5.74) is 8.50. The Balaban J connectivity index is 1.92. The zero-order chi connectivity index (χ0) is 23.0. The van der Waals surface area contributed by atoms with Crippen molar-refractivity contribution in [1.29, 1.82) is 5.41 Å². The molecule has 0 saturated carbocycles. The van der Waals surface area contributed by atoms with Crippen molar-refractivity contribution in [1.82, 2.24) is 9.97 Å². The van der Waals surface area contributed by atoms with E-state index in [2.05, 4.69) is 9.97 Å². The van der Waals surface area contributed by atoms with Gasteiger partial charge < -0.3 is 20.6 Å². The van der Waals surface area contributed by atoms with E-state index >= 15 is 8.78 Å². The number of halogens is 2. The van der Waals surface area contributed by atoms with Gasteiger partial charge in [0.15, 0.2) is 23.1 Å². The van der Waals surface area contributed by atoms with Crippen LogP contribution in [0.2, 0.25) is 0 Å². The van der Waals surface area contributed by atoms with Crippen LogP contribution >= 0.6 is 11.3 Å². The zero-order valence-electron chi connectivity index (χ0n) is 17.1. The Labute approximate surface area is 185 Å². The number of hydrogen-bond donors (Lipinski definition) is 2. The van der Waals surface area contributed by atoms with Gasteiger partial charge in [-0.1, -0.05) is 0 Å². The van der Waals surface area contributed by atoms with Crippen LogP contribution in [0.3, 0.4) is 0 Å². The minimum Gasteiger partial charge on any atom is -0.493 e. The second-order valence-electron chi connectivity index (χ2n) is 6.77. The van der Waals surface area contributed by atoms with Crippen molar-refractivity contribution in [3.63, 3.8) is 0 Å². The highest BCUT2D eigenvalue weighted by atomic mass is 32.1. The molecule has 32 heavy (non-hydrogen) atoms. The number of nitrogen functional groups attached to an aromatic ring is 1. The molecule has 1 aromatic carbocycles. The number of ether oxygens (including phenoxy) is 2. The lowest BCUT2D eigenvalue weighted by molar-refractivity contribution is 0.249. The summed E-state index contributed by atoms with van der Waals surface area (Å²) in [6.07, 6.45) is 2.41. The van der Waals surface area contributed by atoms with Crippen molar-refractivity contribution in [3.8, 4) is 11.5 Å². The molecule has 2 aromatic heterocycles. The number of pyridine rings is 1. The van der Waals surface area contributed by atoms with Gasteiger partial charge in [0, 0.05) is 29.4 Å². The van der Waals surface area contributed by atoms with Crippen LogP contribution in [0.5, 0.6) is 11.5 Å². The number of nitrogens with zero attached hydrogens (tertiary/aromatic N) is 4. The number of benzene rings is 1. The van der Waals surface area contributed by atoms with Crippen LogP contribution in [-0.2, 0) is 13.1 Å². The van der Waals surface area contributed by atoms with E-state index in [-0.39, 0.29) is 36.0 Å². The van der Waals surface area contributed by atoms with Crippen molar-refractivity contribution in [3.05, 3.63) is 51.6 Å². The molecule has 1 aliphatic rings. The summed E-state index contributed by atoms with van der Waals surface area (Å²) in [5.74, 6) is -2.60. The molecule has 0 spiro atoms. The number of fused-ring (bicyclic) bond motifs is 1. The standard InChI is InChI=1S/C20H18F2N6O3S/c1-30-13-3-14(31-2)16(22)18(15(13)21)27-6-10-5-25-19(24)12(4-23)17(10)28(20(27)29)7-11-8-32-9-26-11/h3-5,8-9,23H,6-7H2,1-2H3,(H2,24,25). The molecule has 0 radical (unpaired) electrons. The number of rotatable bonds is 6. The van der Waals surface area contributed by atoms with Crippen LogP contribution in [0.15, 0.2) is 23.2 Å². The lowest BCUT2D eigenvalue weighted by Gasteiger charge is -2.38. The number of thiazole rings is 1. The summed E-state index contributed by atoms with van der Waals surface area (Å²) in [5, 5.41) is 9.50. The molecule has 0 saturated heterocycles. The fourth-order valence-electron chi connectivity index (χ4n) is 3.54. The average molecular weight is 460 g/mol. The number of carbonyl (C=O) groups excluding carboxylic acids is 1. The summed E-state index contributed by atoms with van der Waals surface area (Å²) in [4.78, 5) is 24.1. The van der Waals surface area contributed by atoms with E-state index in [9.17, 15) is 4.79 Å². The third-order valence-electron chi connectivity index (χ3n) is 5.02. The van der Waals surface area contributed by atoms with Crippen LogP contribution in [0.25, 0.3) is 0 Å². The van der Waals surface area contributed by atoms with Gasteiger partial charge in [0.1, 0.15) is 11.5 Å². The highest BCUT2D eigenvalue weighted by molar-refractivity contribution is 7.07. The first-order valence-corrected chi connectivity index (χ1v) is 10.2. The van der Waals surface area contributed by atoms with Crippen molar-refractivity contribution < 1.29 is 23.0 Å². The summed E-state index contributed by atoms with van der Waals surface area (Å²) in [6, 6.07) is 0.339. The largest absolute Gasteiger partial charge is 0.493 e. The molecule has 3 N–H and O–H groups in total. The van der Waals surface area contributed by atoms with E-state index in [1.165, 1.54) is 36.7 Å². The third kappa shape index (κ3) is 3.38. The Bertz CT molecular complexity index is 1180. The first-order chi connectivity index (χ1) is 15.4. The van der Waals surface area contributed by atoms with Gasteiger partial charge in [-0.3, -0.25) is 9.80 Å². The summed E-state index contributed by atoms with van der Waals surface area (Å²) in [7, 11) is 2.45. The van der Waals surface area contributed by atoms with Gasteiger partial charge in [-0.25, -0.2) is 23.5 Å². The van der Waals surface area contributed by atoms with Gasteiger partial charge >= 0.3 is 6.03 Å². The lowest BCUT2D eigenvalue weighted by Crippen LogP contribution is -2.48. The number of urea groups is 1. The van der Waals surface area contributed by atoms with E-state index in [4.69, 9.17) is 20.6 Å². The SMILES string of the molecule is COc1cc(OC)c(F)c(N2Cc3cnc(N)c(C=N)c3N(Cc3cscn3)C2=O)c1F. The Kier molecular flexibility index (Phi) is 5.61. The zero-order valence-corrected chi connectivity index (χ0v) is 17.9. The monoisotopic (exact) mass is 460 g/mol. The maximum atomic E-state index is 15.2. The lowest BCUT2D eigenvalue weighted by atomic mass is 10.0. The molecule has 3 aromatic rings. The second-order valence-corrected chi connectivity index (χ2v) is 7.49. The molecule has 12 heteroatoms. The molecular formula is C20H18F2N6O3S. The Morgan fingerprint density at radius 3 is 2.47 bits per heavy atom. The highest BCUT2D eigenvalue weighted by Crippen LogP contribution is 2.42. The van der Waals surface area contributed by atoms with Crippen LogP contribution < -0.4 is 25.0 Å². The van der Waals surface area contributed by atoms with Gasteiger partial charge in [0.2, 0.25) is 0 Å². The summed E-state index contributed by atoms with van der Waals surface area (Å²) in [6.45, 7) is -0.208. The molecule has 9 nitrogen and oxygen atoms in total. The molecule has 1 aliphatic heterocycles. The van der Waals surface area contributed by atoms with Gasteiger partial charge in [0.25, 0.3) is 0 Å². The molecule has 0 bridgehead atoms. The van der Waals surface area contributed by atoms with Gasteiger partial charge in [0.05, 0.1) is 49.8 Å². The molecule has 0 atom stereocenters. The Hall–Kier alpha value is -3.80. The molecule has 3 heterocycles. The Morgan fingerprint density at radius 2 is 1.91 bits per heavy atom. The second kappa shape index (κ2) is 8.38. The van der Waals surface area contributed by atoms with E-state index in [1.807, 2.05) is 0 Å². The topological polar surface area (TPSA) is 118 Å². The van der Waals surface area contributed by atoms with E-state index < -0.39 is 23.4 Å². The molecule has 0 unspecified atom stereocenters. The van der Waals surface area contributed by atoms with Crippen LogP contribution in [0, 0.1) is 17.0 Å². The predicted molar refractivity (Wildman–Crippen MR) is 116 cm³/mol. The van der Waals surface area contributed by atoms with Crippen molar-refractivity contribution >= 4 is 40.8 Å². The molecule has 4 rings (SSSR count). The van der Waals surface area contributed by atoms with Crippen molar-refractivity contribution in [2.24, 2.45) is 0 Å². The van der Waals surface area contributed by atoms with E-state index in [0.717, 1.165) is 17.2 Å². The molecular weight excluding hydrogens is 442 g/mol. The first-order valence-electron chi connectivity index (χ1n) is 9.25. The first kappa shape index (κ1) is 21.4. The number of amides is 2. The normalized spacial score (nSPS) is 13.2. The van der Waals surface area contributed by atoms with Crippen molar-refractivity contribution in [2.45, 2.75) is 13.1 Å². The maximum absolute atomic E-state index is 15.2. The third-order valence-corrected chi connectivity index (χ3v) is 5.66. The molecule has 0 aliphatic carbocycles. The summed E-state index contributed by atoms with van der Waals surface area (Å²) >= 11 is 1.34. The van der Waals surface area contributed by atoms with Gasteiger partial charge in [-0.15, -0.1) is 11.3 Å². The quantitative estimate of drug-likeness (QED) is 0.543. The number of nitrogens with two attached hydrogens (primary N) is 1. The van der Waals surface area contributed by atoms with Crippen LogP contribution in [0.4, 0.5) is 30.8 Å². The minimum absolute atomic E-state index is 0.000464. The van der Waals surface area contributed by atoms with E-state index in [0.29, 0.717) is 16.9 Å². The molecule has 166 valence electrons.